The minimum absolute atomic E-state index is 0.130. The Hall–Kier alpha value is -1.89. The highest BCUT2D eigenvalue weighted by molar-refractivity contribution is 7.90. The number of fused-ring (bicyclic) bond motifs is 1. The SMILES string of the molecule is O=C(O)c1cccc2c1S(=O)(=O)NC2=O. The van der Waals surface area contributed by atoms with Gasteiger partial charge >= 0.3 is 5.97 Å². The number of sulfonamides is 1. The summed E-state index contributed by atoms with van der Waals surface area (Å²) in [6.45, 7) is 0. The first-order chi connectivity index (χ1) is 6.93. The molecule has 0 unspecified atom stereocenters. The van der Waals surface area contributed by atoms with Crippen LogP contribution < -0.4 is 4.72 Å². The topological polar surface area (TPSA) is 101 Å². The Morgan fingerprint density at radius 2 is 2.00 bits per heavy atom. The molecule has 0 aliphatic carbocycles. The van der Waals surface area contributed by atoms with Gasteiger partial charge in [0.2, 0.25) is 0 Å². The summed E-state index contributed by atoms with van der Waals surface area (Å²) in [5.41, 5.74) is -0.527. The van der Waals surface area contributed by atoms with Crippen molar-refractivity contribution in [3.05, 3.63) is 29.3 Å². The third kappa shape index (κ3) is 1.28. The third-order valence-corrected chi connectivity index (χ3v) is 3.42. The number of hydrogen-bond donors (Lipinski definition) is 2. The van der Waals surface area contributed by atoms with E-state index in [0.29, 0.717) is 0 Å². The summed E-state index contributed by atoms with van der Waals surface area (Å²) in [5.74, 6) is -2.18. The second-order valence-corrected chi connectivity index (χ2v) is 4.54. The number of benzene rings is 1. The van der Waals surface area contributed by atoms with E-state index in [-0.39, 0.29) is 5.56 Å². The van der Waals surface area contributed by atoms with Crippen molar-refractivity contribution in [2.24, 2.45) is 0 Å². The molecule has 1 aliphatic rings. The predicted molar refractivity (Wildman–Crippen MR) is 48.1 cm³/mol. The monoisotopic (exact) mass is 227 g/mol. The second-order valence-electron chi connectivity index (χ2n) is 2.92. The van der Waals surface area contributed by atoms with Crippen LogP contribution in [0, 0.1) is 0 Å². The second kappa shape index (κ2) is 2.80. The zero-order chi connectivity index (χ0) is 11.2. The number of carbonyl (C=O) groups is 2. The van der Waals surface area contributed by atoms with Gasteiger partial charge in [-0.25, -0.2) is 17.9 Å². The maximum Gasteiger partial charge on any atom is 0.337 e. The number of aromatic carboxylic acids is 1. The number of hydrogen-bond acceptors (Lipinski definition) is 4. The van der Waals surface area contributed by atoms with Crippen LogP contribution in [0.3, 0.4) is 0 Å². The average Bonchev–Trinajstić information content (AvgIpc) is 2.37. The highest BCUT2D eigenvalue weighted by Crippen LogP contribution is 2.25. The molecule has 1 aromatic rings. The molecule has 2 N–H and O–H groups in total. The molecule has 1 aromatic carbocycles. The predicted octanol–water partition coefficient (Wildman–Crippen LogP) is -0.183. The molecule has 7 heteroatoms. The first-order valence-electron chi connectivity index (χ1n) is 3.87. The van der Waals surface area contributed by atoms with E-state index in [1.807, 2.05) is 0 Å². The van der Waals surface area contributed by atoms with Gasteiger partial charge < -0.3 is 5.11 Å². The summed E-state index contributed by atoms with van der Waals surface area (Å²) in [5, 5.41) is 8.76. The van der Waals surface area contributed by atoms with E-state index in [0.717, 1.165) is 6.07 Å². The normalized spacial score (nSPS) is 16.9. The number of carboxylic acids is 1. The first kappa shape index (κ1) is 9.66. The van der Waals surface area contributed by atoms with E-state index in [2.05, 4.69) is 0 Å². The van der Waals surface area contributed by atoms with Crippen molar-refractivity contribution in [1.29, 1.82) is 0 Å². The molecule has 0 saturated heterocycles. The van der Waals surface area contributed by atoms with Gasteiger partial charge in [0.05, 0.1) is 11.1 Å². The van der Waals surface area contributed by atoms with Gasteiger partial charge in [-0.3, -0.25) is 4.79 Å². The van der Waals surface area contributed by atoms with Crippen molar-refractivity contribution >= 4 is 21.9 Å². The van der Waals surface area contributed by atoms with Crippen molar-refractivity contribution in [1.82, 2.24) is 4.72 Å². The number of rotatable bonds is 1. The smallest absolute Gasteiger partial charge is 0.337 e. The molecule has 1 amide bonds. The van der Waals surface area contributed by atoms with E-state index in [9.17, 15) is 18.0 Å². The van der Waals surface area contributed by atoms with Gasteiger partial charge in [-0.05, 0) is 12.1 Å². The van der Waals surface area contributed by atoms with Crippen molar-refractivity contribution < 1.29 is 23.1 Å². The van der Waals surface area contributed by atoms with Crippen LogP contribution in [0.25, 0.3) is 0 Å². The molecule has 2 rings (SSSR count). The maximum absolute atomic E-state index is 11.4. The molecule has 1 heterocycles. The van der Waals surface area contributed by atoms with Gasteiger partial charge in [-0.15, -0.1) is 0 Å². The lowest BCUT2D eigenvalue weighted by atomic mass is 10.1. The van der Waals surface area contributed by atoms with Gasteiger partial charge in [-0.2, -0.15) is 0 Å². The number of amides is 1. The molecular weight excluding hydrogens is 222 g/mol. The lowest BCUT2D eigenvalue weighted by Gasteiger charge is -2.00. The Kier molecular flexibility index (Phi) is 1.80. The van der Waals surface area contributed by atoms with Crippen LogP contribution in [-0.2, 0) is 10.0 Å². The molecule has 0 saturated carbocycles. The maximum atomic E-state index is 11.4. The minimum atomic E-state index is -4.01. The Bertz CT molecular complexity index is 575. The molecule has 0 bridgehead atoms. The van der Waals surface area contributed by atoms with Gasteiger partial charge in [-0.1, -0.05) is 6.07 Å². The molecular formula is C8H5NO5S. The summed E-state index contributed by atoms with van der Waals surface area (Å²) in [7, 11) is -4.01. The van der Waals surface area contributed by atoms with Gasteiger partial charge in [0.15, 0.2) is 0 Å². The molecule has 78 valence electrons. The van der Waals surface area contributed by atoms with Gasteiger partial charge in [0.1, 0.15) is 4.90 Å². The lowest BCUT2D eigenvalue weighted by molar-refractivity contribution is 0.0692. The quantitative estimate of drug-likeness (QED) is 0.692. The van der Waals surface area contributed by atoms with E-state index < -0.39 is 32.4 Å². The fraction of sp³-hybridized carbons (Fsp3) is 0. The Balaban J connectivity index is 2.87. The van der Waals surface area contributed by atoms with E-state index in [4.69, 9.17) is 5.11 Å². The molecule has 0 spiro atoms. The Morgan fingerprint density at radius 3 is 2.60 bits per heavy atom. The number of nitrogens with one attached hydrogen (secondary N) is 1. The molecule has 0 radical (unpaired) electrons. The number of carboxylic acid groups (broad SMARTS) is 1. The van der Waals surface area contributed by atoms with Crippen molar-refractivity contribution in [2.45, 2.75) is 4.90 Å². The lowest BCUT2D eigenvalue weighted by Crippen LogP contribution is -2.21. The largest absolute Gasteiger partial charge is 0.478 e. The Labute approximate surface area is 84.6 Å². The fourth-order valence-corrected chi connectivity index (χ4v) is 2.75. The van der Waals surface area contributed by atoms with Crippen LogP contribution >= 0.6 is 0 Å². The molecule has 0 atom stereocenters. The summed E-state index contributed by atoms with van der Waals surface area (Å²) in [6, 6.07) is 3.73. The van der Waals surface area contributed by atoms with Gasteiger partial charge in [0, 0.05) is 0 Å². The van der Waals surface area contributed by atoms with Crippen LogP contribution in [0.2, 0.25) is 0 Å². The average molecular weight is 227 g/mol. The van der Waals surface area contributed by atoms with Crippen LogP contribution in [-0.4, -0.2) is 25.4 Å². The summed E-state index contributed by atoms with van der Waals surface area (Å²) in [4.78, 5) is 21.5. The third-order valence-electron chi connectivity index (χ3n) is 1.99. The zero-order valence-corrected chi connectivity index (χ0v) is 8.04. The van der Waals surface area contributed by atoms with Gasteiger partial charge in [0.25, 0.3) is 15.9 Å². The fourth-order valence-electron chi connectivity index (χ4n) is 1.40. The van der Waals surface area contributed by atoms with Crippen molar-refractivity contribution in [3.8, 4) is 0 Å². The standard InChI is InChI=1S/C8H5NO5S/c10-7-4-2-1-3-5(8(11)12)6(4)15(13,14)9-7/h1-3H,(H,9,10)(H,11,12). The van der Waals surface area contributed by atoms with Crippen LogP contribution in [0.5, 0.6) is 0 Å². The van der Waals surface area contributed by atoms with Crippen molar-refractivity contribution in [2.75, 3.05) is 0 Å². The van der Waals surface area contributed by atoms with E-state index in [1.54, 1.807) is 4.72 Å². The summed E-state index contributed by atoms with van der Waals surface area (Å²) < 4.78 is 24.5. The number of carbonyl (C=O) groups excluding carboxylic acids is 1. The zero-order valence-electron chi connectivity index (χ0n) is 7.22. The molecule has 15 heavy (non-hydrogen) atoms. The van der Waals surface area contributed by atoms with Crippen molar-refractivity contribution in [3.63, 3.8) is 0 Å². The molecule has 6 nitrogen and oxygen atoms in total. The van der Waals surface area contributed by atoms with E-state index >= 15 is 0 Å². The minimum Gasteiger partial charge on any atom is -0.478 e. The highest BCUT2D eigenvalue weighted by Gasteiger charge is 2.36. The molecule has 1 aliphatic heterocycles. The van der Waals surface area contributed by atoms with E-state index in [1.165, 1.54) is 12.1 Å². The van der Waals surface area contributed by atoms with Crippen LogP contribution in [0.15, 0.2) is 23.1 Å². The van der Waals surface area contributed by atoms with Crippen LogP contribution in [0.1, 0.15) is 20.7 Å². The Morgan fingerprint density at radius 1 is 1.33 bits per heavy atom. The molecule has 0 fully saturated rings. The summed E-state index contributed by atoms with van der Waals surface area (Å²) in [6.07, 6.45) is 0. The van der Waals surface area contributed by atoms with Crippen LogP contribution in [0.4, 0.5) is 0 Å². The summed E-state index contributed by atoms with van der Waals surface area (Å²) >= 11 is 0. The highest BCUT2D eigenvalue weighted by atomic mass is 32.2. The first-order valence-corrected chi connectivity index (χ1v) is 5.35. The molecule has 0 aromatic heterocycles.